The molecule has 1 aromatic rings. The van der Waals surface area contributed by atoms with Crippen molar-refractivity contribution in [2.24, 2.45) is 0 Å². The fourth-order valence-electron chi connectivity index (χ4n) is 1.53. The van der Waals surface area contributed by atoms with Gasteiger partial charge in [0.25, 0.3) is 0 Å². The van der Waals surface area contributed by atoms with Gasteiger partial charge in [-0.15, -0.1) is 0 Å². The zero-order valence-electron chi connectivity index (χ0n) is 7.55. The van der Waals surface area contributed by atoms with Crippen LogP contribution >= 0.6 is 0 Å². The quantitative estimate of drug-likeness (QED) is 0.568. The van der Waals surface area contributed by atoms with Crippen molar-refractivity contribution >= 4 is 0 Å². The van der Waals surface area contributed by atoms with Crippen LogP contribution in [-0.2, 0) is 6.42 Å². The number of hydrogen-bond donors (Lipinski definition) is 0. The zero-order chi connectivity index (χ0) is 8.60. The number of aryl methyl sites for hydroxylation is 1. The van der Waals surface area contributed by atoms with Gasteiger partial charge >= 0.3 is 0 Å². The van der Waals surface area contributed by atoms with Crippen LogP contribution in [0.25, 0.3) is 0 Å². The molecule has 1 heterocycles. The molecule has 1 aliphatic rings. The summed E-state index contributed by atoms with van der Waals surface area (Å²) in [6.45, 7) is 4.26. The van der Waals surface area contributed by atoms with Crippen molar-refractivity contribution in [2.45, 2.75) is 32.3 Å². The van der Waals surface area contributed by atoms with Gasteiger partial charge in [0.1, 0.15) is 11.4 Å². The Hall–Kier alpha value is -0.980. The van der Waals surface area contributed by atoms with Gasteiger partial charge in [0, 0.05) is 0 Å². The summed E-state index contributed by atoms with van der Waals surface area (Å²) in [5, 5.41) is 0. The van der Waals surface area contributed by atoms with Crippen molar-refractivity contribution in [3.63, 3.8) is 0 Å². The Morgan fingerprint density at radius 1 is 1.50 bits per heavy atom. The fourth-order valence-corrected chi connectivity index (χ4v) is 1.53. The fraction of sp³-hybridized carbons (Fsp3) is 0.455. The first-order chi connectivity index (χ1) is 5.67. The predicted octanol–water partition coefficient (Wildman–Crippen LogP) is 2.59. The predicted molar refractivity (Wildman–Crippen MR) is 48.3 cm³/mol. The topological polar surface area (TPSA) is 9.23 Å². The second-order valence-corrected chi connectivity index (χ2v) is 3.90. The molecule has 0 saturated carbocycles. The average Bonchev–Trinajstić information content (AvgIpc) is 2.02. The standard InChI is InChI=1S/C11H13O/c1-11(2)8-7-9-5-3-4-6-10(9)12-11/h3,5-6H,7-8H2,1-2H3. The molecule has 0 aliphatic carbocycles. The van der Waals surface area contributed by atoms with Crippen molar-refractivity contribution in [1.29, 1.82) is 0 Å². The van der Waals surface area contributed by atoms with E-state index >= 15 is 0 Å². The van der Waals surface area contributed by atoms with Gasteiger partial charge in [0.15, 0.2) is 0 Å². The van der Waals surface area contributed by atoms with Crippen molar-refractivity contribution in [3.8, 4) is 5.75 Å². The van der Waals surface area contributed by atoms with E-state index in [0.717, 1.165) is 18.6 Å². The molecule has 0 saturated heterocycles. The third-order valence-electron chi connectivity index (χ3n) is 2.29. The summed E-state index contributed by atoms with van der Waals surface area (Å²) in [6.07, 6.45) is 2.22. The monoisotopic (exact) mass is 161 g/mol. The molecule has 1 heteroatoms. The highest BCUT2D eigenvalue weighted by Crippen LogP contribution is 2.31. The Kier molecular flexibility index (Phi) is 1.60. The first-order valence-corrected chi connectivity index (χ1v) is 4.35. The zero-order valence-corrected chi connectivity index (χ0v) is 7.55. The maximum absolute atomic E-state index is 5.79. The molecule has 0 N–H and O–H groups in total. The number of rotatable bonds is 0. The normalized spacial score (nSPS) is 19.5. The number of ether oxygens (including phenoxy) is 1. The Balaban J connectivity index is 2.35. The van der Waals surface area contributed by atoms with Gasteiger partial charge in [0.2, 0.25) is 0 Å². The Morgan fingerprint density at radius 3 is 3.17 bits per heavy atom. The lowest BCUT2D eigenvalue weighted by Gasteiger charge is -2.32. The molecule has 1 nitrogen and oxygen atoms in total. The highest BCUT2D eigenvalue weighted by Gasteiger charge is 2.25. The summed E-state index contributed by atoms with van der Waals surface area (Å²) in [5.74, 6) is 1.01. The average molecular weight is 161 g/mol. The van der Waals surface area contributed by atoms with Crippen LogP contribution in [0.5, 0.6) is 5.75 Å². The van der Waals surface area contributed by atoms with E-state index in [-0.39, 0.29) is 5.60 Å². The van der Waals surface area contributed by atoms with Crippen LogP contribution in [0.4, 0.5) is 0 Å². The molecule has 1 aromatic carbocycles. The number of fused-ring (bicyclic) bond motifs is 1. The van der Waals surface area contributed by atoms with E-state index < -0.39 is 0 Å². The molecule has 0 spiro atoms. The summed E-state index contributed by atoms with van der Waals surface area (Å²) in [7, 11) is 0. The minimum Gasteiger partial charge on any atom is -0.488 e. The largest absolute Gasteiger partial charge is 0.488 e. The molecule has 0 unspecified atom stereocenters. The van der Waals surface area contributed by atoms with Crippen molar-refractivity contribution in [3.05, 3.63) is 29.8 Å². The first-order valence-electron chi connectivity index (χ1n) is 4.35. The van der Waals surface area contributed by atoms with Gasteiger partial charge in [-0.3, -0.25) is 0 Å². The summed E-state index contributed by atoms with van der Waals surface area (Å²) >= 11 is 0. The lowest BCUT2D eigenvalue weighted by atomic mass is 9.94. The van der Waals surface area contributed by atoms with Gasteiger partial charge in [-0.05, 0) is 44.4 Å². The van der Waals surface area contributed by atoms with Gasteiger partial charge < -0.3 is 4.74 Å². The molecule has 0 bridgehead atoms. The third-order valence-corrected chi connectivity index (χ3v) is 2.29. The maximum Gasteiger partial charge on any atom is 0.123 e. The lowest BCUT2D eigenvalue weighted by molar-refractivity contribution is 0.0847. The molecular weight excluding hydrogens is 148 g/mol. The molecular formula is C11H13O. The smallest absolute Gasteiger partial charge is 0.123 e. The van der Waals surface area contributed by atoms with Crippen molar-refractivity contribution in [2.75, 3.05) is 0 Å². The lowest BCUT2D eigenvalue weighted by Crippen LogP contribution is -2.32. The van der Waals surface area contributed by atoms with E-state index in [4.69, 9.17) is 4.74 Å². The summed E-state index contributed by atoms with van der Waals surface area (Å²) in [4.78, 5) is 0. The minimum atomic E-state index is 0.00218. The molecule has 0 fully saturated rings. The summed E-state index contributed by atoms with van der Waals surface area (Å²) in [5.41, 5.74) is 1.32. The van der Waals surface area contributed by atoms with Gasteiger partial charge in [0.05, 0.1) is 0 Å². The van der Waals surface area contributed by atoms with Gasteiger partial charge in [-0.25, -0.2) is 0 Å². The van der Waals surface area contributed by atoms with Gasteiger partial charge in [-0.2, -0.15) is 0 Å². The van der Waals surface area contributed by atoms with Gasteiger partial charge in [-0.1, -0.05) is 12.1 Å². The molecule has 12 heavy (non-hydrogen) atoms. The molecule has 0 atom stereocenters. The van der Waals surface area contributed by atoms with Crippen LogP contribution in [-0.4, -0.2) is 5.60 Å². The second-order valence-electron chi connectivity index (χ2n) is 3.90. The summed E-state index contributed by atoms with van der Waals surface area (Å²) < 4.78 is 5.79. The van der Waals surface area contributed by atoms with E-state index in [2.05, 4.69) is 26.0 Å². The Labute approximate surface area is 73.4 Å². The molecule has 0 aromatic heterocycles. The molecule has 1 radical (unpaired) electrons. The highest BCUT2D eigenvalue weighted by atomic mass is 16.5. The maximum atomic E-state index is 5.79. The van der Waals surface area contributed by atoms with E-state index in [1.165, 1.54) is 5.56 Å². The minimum absolute atomic E-state index is 0.00218. The van der Waals surface area contributed by atoms with E-state index in [9.17, 15) is 0 Å². The highest BCUT2D eigenvalue weighted by molar-refractivity contribution is 5.35. The van der Waals surface area contributed by atoms with E-state index in [1.807, 2.05) is 12.1 Å². The SMILES string of the molecule is CC1(C)CCc2cc[c]cc2O1. The molecule has 63 valence electrons. The van der Waals surface area contributed by atoms with E-state index in [1.54, 1.807) is 0 Å². The first kappa shape index (κ1) is 7.66. The third kappa shape index (κ3) is 1.31. The molecule has 2 rings (SSSR count). The Morgan fingerprint density at radius 2 is 2.33 bits per heavy atom. The number of hydrogen-bond acceptors (Lipinski definition) is 1. The van der Waals surface area contributed by atoms with Crippen molar-refractivity contribution in [1.82, 2.24) is 0 Å². The Bertz CT molecular complexity index is 289. The van der Waals surface area contributed by atoms with E-state index in [0.29, 0.717) is 0 Å². The second kappa shape index (κ2) is 2.51. The number of benzene rings is 1. The van der Waals surface area contributed by atoms with Crippen LogP contribution in [0, 0.1) is 6.07 Å². The van der Waals surface area contributed by atoms with Crippen LogP contribution in [0.15, 0.2) is 18.2 Å². The van der Waals surface area contributed by atoms with Crippen LogP contribution in [0.1, 0.15) is 25.8 Å². The van der Waals surface area contributed by atoms with Crippen molar-refractivity contribution < 1.29 is 4.74 Å². The van der Waals surface area contributed by atoms with Crippen LogP contribution in [0.2, 0.25) is 0 Å². The molecule has 0 amide bonds. The van der Waals surface area contributed by atoms with Crippen LogP contribution in [0.3, 0.4) is 0 Å². The summed E-state index contributed by atoms with van der Waals surface area (Å²) in [6, 6.07) is 8.99. The molecule has 1 aliphatic heterocycles. The van der Waals surface area contributed by atoms with Crippen LogP contribution < -0.4 is 4.74 Å².